The molecule has 19 heavy (non-hydrogen) atoms. The van der Waals surface area contributed by atoms with Gasteiger partial charge in [0.1, 0.15) is 0 Å². The summed E-state index contributed by atoms with van der Waals surface area (Å²) < 4.78 is 0. The molecule has 2 saturated carbocycles. The summed E-state index contributed by atoms with van der Waals surface area (Å²) in [6, 6.07) is 10.5. The molecule has 0 unspecified atom stereocenters. The summed E-state index contributed by atoms with van der Waals surface area (Å²) in [5, 5.41) is 11.7. The van der Waals surface area contributed by atoms with Crippen LogP contribution in [0.1, 0.15) is 30.7 Å². The van der Waals surface area contributed by atoms with E-state index >= 15 is 0 Å². The number of carbonyl (C=O) groups is 2. The average Bonchev–Trinajstić information content (AvgIpc) is 3.14. The quantitative estimate of drug-likeness (QED) is 0.866. The van der Waals surface area contributed by atoms with E-state index in [2.05, 4.69) is 17.4 Å². The van der Waals surface area contributed by atoms with Gasteiger partial charge in [0.05, 0.1) is 11.8 Å². The molecule has 0 radical (unpaired) electrons. The Labute approximate surface area is 111 Å². The number of amides is 1. The molecule has 100 valence electrons. The van der Waals surface area contributed by atoms with Gasteiger partial charge < -0.3 is 10.4 Å². The Morgan fingerprint density at radius 1 is 1.05 bits per heavy atom. The zero-order valence-corrected chi connectivity index (χ0v) is 10.6. The van der Waals surface area contributed by atoms with Crippen LogP contribution >= 0.6 is 0 Å². The first-order valence-electron chi connectivity index (χ1n) is 6.73. The highest BCUT2D eigenvalue weighted by Gasteiger charge is 2.49. The summed E-state index contributed by atoms with van der Waals surface area (Å²) in [6.45, 7) is 0. The number of aliphatic carboxylic acids is 1. The number of carbonyl (C=O) groups excluding carboxylic acids is 1. The molecule has 2 fully saturated rings. The lowest BCUT2D eigenvalue weighted by molar-refractivity contribution is -0.140. The number of hydrogen-bond donors (Lipinski definition) is 2. The van der Waals surface area contributed by atoms with Crippen molar-refractivity contribution in [3.05, 3.63) is 35.9 Å². The van der Waals surface area contributed by atoms with E-state index in [0.29, 0.717) is 12.3 Å². The smallest absolute Gasteiger partial charge is 0.307 e. The van der Waals surface area contributed by atoms with E-state index in [1.807, 2.05) is 18.2 Å². The summed E-state index contributed by atoms with van der Waals surface area (Å²) >= 11 is 0. The fraction of sp³-hybridized carbons (Fsp3) is 0.467. The van der Waals surface area contributed by atoms with Gasteiger partial charge in [-0.1, -0.05) is 30.3 Å². The zero-order chi connectivity index (χ0) is 13.4. The van der Waals surface area contributed by atoms with Gasteiger partial charge in [-0.2, -0.15) is 0 Å². The molecule has 0 bridgehead atoms. The fourth-order valence-electron chi connectivity index (χ4n) is 2.80. The highest BCUT2D eigenvalue weighted by Crippen LogP contribution is 2.41. The van der Waals surface area contributed by atoms with Gasteiger partial charge in [0, 0.05) is 6.04 Å². The van der Waals surface area contributed by atoms with Crippen molar-refractivity contribution in [1.29, 1.82) is 0 Å². The van der Waals surface area contributed by atoms with Crippen molar-refractivity contribution in [3.63, 3.8) is 0 Å². The Morgan fingerprint density at radius 2 is 1.74 bits per heavy atom. The van der Waals surface area contributed by atoms with Crippen LogP contribution in [-0.4, -0.2) is 23.0 Å². The number of benzene rings is 1. The van der Waals surface area contributed by atoms with Gasteiger partial charge in [-0.25, -0.2) is 0 Å². The van der Waals surface area contributed by atoms with Crippen LogP contribution in [0.2, 0.25) is 0 Å². The summed E-state index contributed by atoms with van der Waals surface area (Å²) in [5.74, 6) is -1.15. The van der Waals surface area contributed by atoms with E-state index in [0.717, 1.165) is 12.8 Å². The van der Waals surface area contributed by atoms with Crippen LogP contribution in [0.15, 0.2) is 30.3 Å². The third-order valence-electron chi connectivity index (χ3n) is 4.20. The minimum Gasteiger partial charge on any atom is -0.481 e. The molecule has 2 N–H and O–H groups in total. The van der Waals surface area contributed by atoms with Crippen LogP contribution in [0, 0.1) is 11.8 Å². The van der Waals surface area contributed by atoms with Crippen molar-refractivity contribution in [2.24, 2.45) is 11.8 Å². The van der Waals surface area contributed by atoms with E-state index in [4.69, 9.17) is 5.11 Å². The third kappa shape index (κ3) is 2.48. The summed E-state index contributed by atoms with van der Waals surface area (Å²) in [7, 11) is 0. The Morgan fingerprint density at radius 3 is 2.32 bits per heavy atom. The molecule has 0 aliphatic heterocycles. The molecular formula is C15H17NO3. The topological polar surface area (TPSA) is 66.4 Å². The fourth-order valence-corrected chi connectivity index (χ4v) is 2.80. The van der Waals surface area contributed by atoms with Gasteiger partial charge in [0.2, 0.25) is 5.91 Å². The second-order valence-corrected chi connectivity index (χ2v) is 5.57. The molecule has 4 heteroatoms. The predicted molar refractivity (Wildman–Crippen MR) is 69.6 cm³/mol. The SMILES string of the molecule is O=C(O)[C@H]1C[C@@H]1C(=O)NC1CC(c2ccccc2)C1. The Balaban J connectivity index is 1.45. The lowest BCUT2D eigenvalue weighted by atomic mass is 9.76. The maximum atomic E-state index is 11.8. The van der Waals surface area contributed by atoms with E-state index in [1.54, 1.807) is 0 Å². The molecule has 4 nitrogen and oxygen atoms in total. The maximum Gasteiger partial charge on any atom is 0.307 e. The predicted octanol–water partition coefficient (Wildman–Crippen LogP) is 1.77. The average molecular weight is 259 g/mol. The molecule has 3 rings (SSSR count). The first-order valence-corrected chi connectivity index (χ1v) is 6.73. The molecule has 0 saturated heterocycles. The van der Waals surface area contributed by atoms with Crippen LogP contribution < -0.4 is 5.32 Å². The number of rotatable bonds is 4. The second kappa shape index (κ2) is 4.68. The van der Waals surface area contributed by atoms with Crippen molar-refractivity contribution < 1.29 is 14.7 Å². The lowest BCUT2D eigenvalue weighted by Crippen LogP contribution is -2.44. The van der Waals surface area contributed by atoms with Crippen molar-refractivity contribution in [2.45, 2.75) is 31.2 Å². The van der Waals surface area contributed by atoms with Crippen LogP contribution in [0.5, 0.6) is 0 Å². The minimum atomic E-state index is -0.851. The van der Waals surface area contributed by atoms with Crippen LogP contribution in [0.3, 0.4) is 0 Å². The largest absolute Gasteiger partial charge is 0.481 e. The molecule has 0 heterocycles. The molecule has 2 aliphatic carbocycles. The van der Waals surface area contributed by atoms with E-state index < -0.39 is 11.9 Å². The Hall–Kier alpha value is -1.84. The maximum absolute atomic E-state index is 11.8. The van der Waals surface area contributed by atoms with Gasteiger partial charge in [0.15, 0.2) is 0 Å². The summed E-state index contributed by atoms with van der Waals surface area (Å²) in [4.78, 5) is 22.5. The zero-order valence-electron chi connectivity index (χ0n) is 10.6. The number of carboxylic acids is 1. The first kappa shape index (κ1) is 12.2. The first-order chi connectivity index (χ1) is 9.15. The van der Waals surface area contributed by atoms with Crippen LogP contribution in [0.4, 0.5) is 0 Å². The highest BCUT2D eigenvalue weighted by atomic mass is 16.4. The summed E-state index contributed by atoms with van der Waals surface area (Å²) in [6.07, 6.45) is 2.41. The molecular weight excluding hydrogens is 242 g/mol. The van der Waals surface area contributed by atoms with Crippen LogP contribution in [-0.2, 0) is 9.59 Å². The second-order valence-electron chi connectivity index (χ2n) is 5.57. The molecule has 0 spiro atoms. The monoisotopic (exact) mass is 259 g/mol. The molecule has 1 amide bonds. The molecule has 2 aliphatic rings. The normalized spacial score (nSPS) is 32.2. The number of hydrogen-bond acceptors (Lipinski definition) is 2. The highest BCUT2D eigenvalue weighted by molar-refractivity contribution is 5.89. The van der Waals surface area contributed by atoms with E-state index in [-0.39, 0.29) is 17.9 Å². The van der Waals surface area contributed by atoms with Gasteiger partial charge in [-0.3, -0.25) is 9.59 Å². The van der Waals surface area contributed by atoms with E-state index in [1.165, 1.54) is 5.56 Å². The van der Waals surface area contributed by atoms with Crippen molar-refractivity contribution in [1.82, 2.24) is 5.32 Å². The molecule has 2 atom stereocenters. The standard InChI is InChI=1S/C15H17NO3/c17-14(12-8-13(12)15(18)19)16-11-6-10(7-11)9-4-2-1-3-5-9/h1-5,10-13H,6-8H2,(H,16,17)(H,18,19)/t10?,11?,12-,13-/m0/s1. The molecule has 1 aromatic rings. The Bertz CT molecular complexity index is 493. The number of carboxylic acid groups (broad SMARTS) is 1. The van der Waals surface area contributed by atoms with Gasteiger partial charge in [0.25, 0.3) is 0 Å². The van der Waals surface area contributed by atoms with Gasteiger partial charge in [-0.15, -0.1) is 0 Å². The molecule has 0 aromatic heterocycles. The van der Waals surface area contributed by atoms with Gasteiger partial charge >= 0.3 is 5.97 Å². The molecule has 1 aromatic carbocycles. The Kier molecular flexibility index (Phi) is 3.01. The van der Waals surface area contributed by atoms with Crippen LogP contribution in [0.25, 0.3) is 0 Å². The van der Waals surface area contributed by atoms with Gasteiger partial charge in [-0.05, 0) is 30.7 Å². The lowest BCUT2D eigenvalue weighted by Gasteiger charge is -2.36. The minimum absolute atomic E-state index is 0.0797. The van der Waals surface area contributed by atoms with Crippen molar-refractivity contribution >= 4 is 11.9 Å². The number of nitrogens with one attached hydrogen (secondary N) is 1. The third-order valence-corrected chi connectivity index (χ3v) is 4.20. The van der Waals surface area contributed by atoms with Crippen molar-refractivity contribution in [3.8, 4) is 0 Å². The van der Waals surface area contributed by atoms with Crippen molar-refractivity contribution in [2.75, 3.05) is 0 Å². The van der Waals surface area contributed by atoms with E-state index in [9.17, 15) is 9.59 Å². The summed E-state index contributed by atoms with van der Waals surface area (Å²) in [5.41, 5.74) is 1.32.